The SMILES string of the molecule is CCN(CC)c1ccc(N2C(=O)C(=O)/C(=C(\O)c3ccccc3)C2c2cccc(O)c2)cc1. The van der Waals surface area contributed by atoms with Gasteiger partial charge in [0.15, 0.2) is 0 Å². The fourth-order valence-electron chi connectivity index (χ4n) is 4.27. The molecule has 33 heavy (non-hydrogen) atoms. The van der Waals surface area contributed by atoms with E-state index in [1.165, 1.54) is 17.0 Å². The van der Waals surface area contributed by atoms with E-state index in [2.05, 4.69) is 18.7 Å². The molecular formula is C27H26N2O4. The Labute approximate surface area is 193 Å². The smallest absolute Gasteiger partial charge is 0.300 e. The Morgan fingerprint density at radius 1 is 0.909 bits per heavy atom. The number of amides is 1. The first-order chi connectivity index (χ1) is 16.0. The first-order valence-electron chi connectivity index (χ1n) is 11.0. The number of rotatable bonds is 6. The number of Topliss-reactive ketones (excluding diaryl/α,β-unsaturated/α-hetero) is 1. The molecule has 1 atom stereocenters. The van der Waals surface area contributed by atoms with Crippen molar-refractivity contribution in [2.75, 3.05) is 22.9 Å². The highest BCUT2D eigenvalue weighted by Gasteiger charge is 2.47. The molecule has 0 aromatic heterocycles. The van der Waals surface area contributed by atoms with Crippen molar-refractivity contribution in [3.8, 4) is 5.75 Å². The Morgan fingerprint density at radius 3 is 2.18 bits per heavy atom. The first kappa shape index (κ1) is 22.1. The number of aliphatic hydroxyl groups excluding tert-OH is 1. The third kappa shape index (κ3) is 4.07. The van der Waals surface area contributed by atoms with Crippen molar-refractivity contribution >= 4 is 28.8 Å². The number of hydrogen-bond acceptors (Lipinski definition) is 5. The van der Waals surface area contributed by atoms with Gasteiger partial charge in [-0.15, -0.1) is 0 Å². The van der Waals surface area contributed by atoms with Gasteiger partial charge in [-0.05, 0) is 55.8 Å². The molecule has 0 saturated carbocycles. The van der Waals surface area contributed by atoms with Crippen molar-refractivity contribution < 1.29 is 19.8 Å². The van der Waals surface area contributed by atoms with Crippen molar-refractivity contribution in [3.63, 3.8) is 0 Å². The minimum absolute atomic E-state index is 0.00896. The van der Waals surface area contributed by atoms with Crippen molar-refractivity contribution in [1.29, 1.82) is 0 Å². The fourth-order valence-corrected chi connectivity index (χ4v) is 4.27. The van der Waals surface area contributed by atoms with Gasteiger partial charge in [0.1, 0.15) is 11.5 Å². The number of anilines is 2. The quantitative estimate of drug-likeness (QED) is 0.324. The molecule has 6 heteroatoms. The largest absolute Gasteiger partial charge is 0.508 e. The molecule has 6 nitrogen and oxygen atoms in total. The average Bonchev–Trinajstić information content (AvgIpc) is 3.11. The van der Waals surface area contributed by atoms with E-state index in [4.69, 9.17) is 0 Å². The summed E-state index contributed by atoms with van der Waals surface area (Å²) in [6.07, 6.45) is 0. The van der Waals surface area contributed by atoms with Gasteiger partial charge in [0.25, 0.3) is 11.7 Å². The predicted octanol–water partition coefficient (Wildman–Crippen LogP) is 4.86. The number of hydrogen-bond donors (Lipinski definition) is 2. The van der Waals surface area contributed by atoms with Crippen molar-refractivity contribution in [1.82, 2.24) is 0 Å². The van der Waals surface area contributed by atoms with Crippen LogP contribution in [0.5, 0.6) is 5.75 Å². The molecular weight excluding hydrogens is 416 g/mol. The molecule has 4 rings (SSSR count). The monoisotopic (exact) mass is 442 g/mol. The van der Waals surface area contributed by atoms with E-state index in [9.17, 15) is 19.8 Å². The lowest BCUT2D eigenvalue weighted by atomic mass is 9.95. The Hall–Kier alpha value is -4.06. The second kappa shape index (κ2) is 9.20. The highest BCUT2D eigenvalue weighted by molar-refractivity contribution is 6.51. The van der Waals surface area contributed by atoms with E-state index in [0.717, 1.165) is 18.8 Å². The number of carbonyl (C=O) groups excluding carboxylic acids is 2. The summed E-state index contributed by atoms with van der Waals surface area (Å²) in [7, 11) is 0. The van der Waals surface area contributed by atoms with Crippen LogP contribution in [-0.4, -0.2) is 35.0 Å². The van der Waals surface area contributed by atoms with Crippen LogP contribution in [0.1, 0.15) is 31.0 Å². The van der Waals surface area contributed by atoms with E-state index in [0.29, 0.717) is 16.8 Å². The van der Waals surface area contributed by atoms with Gasteiger partial charge in [-0.2, -0.15) is 0 Å². The van der Waals surface area contributed by atoms with E-state index < -0.39 is 17.7 Å². The number of aromatic hydroxyl groups is 1. The van der Waals surface area contributed by atoms with Crippen molar-refractivity contribution in [2.24, 2.45) is 0 Å². The number of phenolic OH excluding ortho intramolecular Hbond substituents is 1. The topological polar surface area (TPSA) is 81.1 Å². The summed E-state index contributed by atoms with van der Waals surface area (Å²) in [5.74, 6) is -1.73. The maximum absolute atomic E-state index is 13.2. The Bertz CT molecular complexity index is 1200. The van der Waals surface area contributed by atoms with Gasteiger partial charge in [-0.25, -0.2) is 0 Å². The van der Waals surface area contributed by atoms with Gasteiger partial charge >= 0.3 is 0 Å². The predicted molar refractivity (Wildman–Crippen MR) is 129 cm³/mol. The summed E-state index contributed by atoms with van der Waals surface area (Å²) in [5.41, 5.74) is 2.51. The molecule has 3 aromatic carbocycles. The molecule has 2 N–H and O–H groups in total. The van der Waals surface area contributed by atoms with Gasteiger partial charge in [0.2, 0.25) is 0 Å². The first-order valence-corrected chi connectivity index (χ1v) is 11.0. The second-order valence-corrected chi connectivity index (χ2v) is 7.82. The molecule has 0 bridgehead atoms. The van der Waals surface area contributed by atoms with Gasteiger partial charge in [-0.1, -0.05) is 42.5 Å². The van der Waals surface area contributed by atoms with Crippen LogP contribution in [0.25, 0.3) is 5.76 Å². The standard InChI is InChI=1S/C27H26N2O4/c1-3-28(4-2)20-13-15-21(16-14-20)29-24(19-11-8-12-22(30)17-19)23(26(32)27(29)33)25(31)18-9-6-5-7-10-18/h5-17,24,30-31H,3-4H2,1-2H3/b25-23-. The van der Waals surface area contributed by atoms with Crippen LogP contribution in [-0.2, 0) is 9.59 Å². The van der Waals surface area contributed by atoms with Crippen LogP contribution in [0.3, 0.4) is 0 Å². The molecule has 1 saturated heterocycles. The molecule has 3 aromatic rings. The summed E-state index contributed by atoms with van der Waals surface area (Å²) in [6, 6.07) is 21.6. The Kier molecular flexibility index (Phi) is 6.18. The minimum atomic E-state index is -0.878. The van der Waals surface area contributed by atoms with E-state index in [1.54, 1.807) is 54.6 Å². The number of benzene rings is 3. The van der Waals surface area contributed by atoms with Crippen LogP contribution in [0.15, 0.2) is 84.4 Å². The summed E-state index contributed by atoms with van der Waals surface area (Å²) in [6.45, 7) is 5.84. The van der Waals surface area contributed by atoms with Crippen molar-refractivity contribution in [3.05, 3.63) is 95.6 Å². The zero-order valence-corrected chi connectivity index (χ0v) is 18.6. The van der Waals surface area contributed by atoms with Crippen LogP contribution < -0.4 is 9.80 Å². The zero-order chi connectivity index (χ0) is 23.5. The van der Waals surface area contributed by atoms with Crippen LogP contribution in [0, 0.1) is 0 Å². The fraction of sp³-hybridized carbons (Fsp3) is 0.185. The van der Waals surface area contributed by atoms with E-state index in [1.807, 2.05) is 12.1 Å². The zero-order valence-electron chi connectivity index (χ0n) is 18.6. The van der Waals surface area contributed by atoms with Gasteiger partial charge in [0.05, 0.1) is 11.6 Å². The third-order valence-electron chi connectivity index (χ3n) is 5.93. The number of carbonyl (C=O) groups is 2. The molecule has 1 aliphatic heterocycles. The molecule has 0 spiro atoms. The number of nitrogens with zero attached hydrogens (tertiary/aromatic N) is 2. The van der Waals surface area contributed by atoms with E-state index >= 15 is 0 Å². The Balaban J connectivity index is 1.87. The lowest BCUT2D eigenvalue weighted by molar-refractivity contribution is -0.132. The molecule has 1 amide bonds. The number of aliphatic hydroxyl groups is 1. The third-order valence-corrected chi connectivity index (χ3v) is 5.93. The molecule has 1 aliphatic rings. The maximum Gasteiger partial charge on any atom is 0.300 e. The maximum atomic E-state index is 13.2. The molecule has 0 radical (unpaired) electrons. The normalized spacial score (nSPS) is 17.4. The highest BCUT2D eigenvalue weighted by atomic mass is 16.3. The summed E-state index contributed by atoms with van der Waals surface area (Å²) >= 11 is 0. The molecule has 168 valence electrons. The van der Waals surface area contributed by atoms with Gasteiger partial charge < -0.3 is 15.1 Å². The number of ketones is 1. The summed E-state index contributed by atoms with van der Waals surface area (Å²) in [5, 5.41) is 21.1. The summed E-state index contributed by atoms with van der Waals surface area (Å²) in [4.78, 5) is 29.9. The molecule has 1 heterocycles. The highest BCUT2D eigenvalue weighted by Crippen LogP contribution is 2.43. The van der Waals surface area contributed by atoms with Crippen LogP contribution in [0.2, 0.25) is 0 Å². The number of phenols is 1. The van der Waals surface area contributed by atoms with Gasteiger partial charge in [0, 0.05) is 30.0 Å². The average molecular weight is 443 g/mol. The Morgan fingerprint density at radius 2 is 1.58 bits per heavy atom. The molecule has 1 unspecified atom stereocenters. The lowest BCUT2D eigenvalue weighted by Crippen LogP contribution is -2.29. The summed E-state index contributed by atoms with van der Waals surface area (Å²) < 4.78 is 0. The van der Waals surface area contributed by atoms with Gasteiger partial charge in [-0.3, -0.25) is 14.5 Å². The minimum Gasteiger partial charge on any atom is -0.508 e. The lowest BCUT2D eigenvalue weighted by Gasteiger charge is -2.27. The van der Waals surface area contributed by atoms with E-state index in [-0.39, 0.29) is 17.1 Å². The second-order valence-electron chi connectivity index (χ2n) is 7.82. The van der Waals surface area contributed by atoms with Crippen LogP contribution in [0.4, 0.5) is 11.4 Å². The molecule has 1 fully saturated rings. The molecule has 0 aliphatic carbocycles. The van der Waals surface area contributed by atoms with Crippen LogP contribution >= 0.6 is 0 Å². The van der Waals surface area contributed by atoms with Crippen molar-refractivity contribution in [2.45, 2.75) is 19.9 Å².